The van der Waals surface area contributed by atoms with Crippen molar-refractivity contribution in [1.29, 1.82) is 0 Å². The van der Waals surface area contributed by atoms with E-state index in [9.17, 15) is 8.42 Å². The first-order valence-electron chi connectivity index (χ1n) is 7.29. The van der Waals surface area contributed by atoms with Gasteiger partial charge in [-0.25, -0.2) is 4.72 Å². The van der Waals surface area contributed by atoms with Crippen LogP contribution >= 0.6 is 0 Å². The minimum Gasteiger partial charge on any atom is -0.381 e. The van der Waals surface area contributed by atoms with Crippen LogP contribution in [0.2, 0.25) is 0 Å². The second-order valence-electron chi connectivity index (χ2n) is 5.80. The molecule has 7 heteroatoms. The minimum absolute atomic E-state index is 0.0651. The van der Waals surface area contributed by atoms with Gasteiger partial charge in [-0.15, -0.1) is 0 Å². The maximum Gasteiger partial charge on any atom is 0.279 e. The first kappa shape index (κ1) is 17.8. The van der Waals surface area contributed by atoms with E-state index < -0.39 is 10.2 Å². The largest absolute Gasteiger partial charge is 0.381 e. The van der Waals surface area contributed by atoms with Crippen LogP contribution in [0.25, 0.3) is 0 Å². The van der Waals surface area contributed by atoms with E-state index in [0.29, 0.717) is 45.2 Å². The number of hydrogen-bond acceptors (Lipinski definition) is 4. The van der Waals surface area contributed by atoms with Crippen LogP contribution in [0.3, 0.4) is 0 Å². The van der Waals surface area contributed by atoms with E-state index in [2.05, 4.69) is 18.6 Å². The van der Waals surface area contributed by atoms with Gasteiger partial charge in [-0.1, -0.05) is 13.8 Å². The second-order valence-corrected chi connectivity index (χ2v) is 7.55. The van der Waals surface area contributed by atoms with Crippen molar-refractivity contribution in [2.45, 2.75) is 46.3 Å². The molecule has 0 aromatic carbocycles. The molecule has 1 rings (SSSR count). The lowest BCUT2D eigenvalue weighted by atomic mass is 10.2. The second kappa shape index (κ2) is 8.29. The molecule has 1 heterocycles. The summed E-state index contributed by atoms with van der Waals surface area (Å²) in [7, 11) is -3.40. The summed E-state index contributed by atoms with van der Waals surface area (Å²) in [6, 6.07) is 0. The summed E-state index contributed by atoms with van der Waals surface area (Å²) in [6.07, 6.45) is 0.552. The summed E-state index contributed by atoms with van der Waals surface area (Å²) in [4.78, 5) is 0. The standard InChI is InChI=1S/C13H28N2O4S/c1-11(2)10-18-7-5-6-14-20(16,17)15-8-12(3)19-13(4)9-15/h11-14H,5-10H2,1-4H3. The summed E-state index contributed by atoms with van der Waals surface area (Å²) in [5.41, 5.74) is 0. The smallest absolute Gasteiger partial charge is 0.279 e. The molecule has 0 saturated carbocycles. The summed E-state index contributed by atoms with van der Waals surface area (Å²) >= 11 is 0. The number of nitrogens with one attached hydrogen (secondary N) is 1. The Kier molecular flexibility index (Phi) is 7.39. The predicted octanol–water partition coefficient (Wildman–Crippen LogP) is 0.993. The Labute approximate surface area is 123 Å². The molecule has 20 heavy (non-hydrogen) atoms. The zero-order valence-corrected chi connectivity index (χ0v) is 13.8. The molecule has 1 aliphatic heterocycles. The molecule has 1 saturated heterocycles. The van der Waals surface area contributed by atoms with Gasteiger partial charge in [0.15, 0.2) is 0 Å². The third kappa shape index (κ3) is 6.49. The van der Waals surface area contributed by atoms with Crippen molar-refractivity contribution in [2.75, 3.05) is 32.8 Å². The highest BCUT2D eigenvalue weighted by atomic mass is 32.2. The number of ether oxygens (including phenoxy) is 2. The number of morpholine rings is 1. The van der Waals surface area contributed by atoms with Crippen LogP contribution in [0.4, 0.5) is 0 Å². The molecule has 0 aliphatic carbocycles. The molecule has 0 amide bonds. The fraction of sp³-hybridized carbons (Fsp3) is 1.00. The fourth-order valence-corrected chi connectivity index (χ4v) is 3.51. The quantitative estimate of drug-likeness (QED) is 0.679. The molecular weight excluding hydrogens is 280 g/mol. The van der Waals surface area contributed by atoms with E-state index in [1.54, 1.807) is 0 Å². The van der Waals surface area contributed by atoms with Gasteiger partial charge in [0.2, 0.25) is 0 Å². The van der Waals surface area contributed by atoms with Gasteiger partial charge in [-0.05, 0) is 26.2 Å². The van der Waals surface area contributed by atoms with E-state index in [1.165, 1.54) is 4.31 Å². The molecule has 2 atom stereocenters. The molecule has 0 aromatic rings. The lowest BCUT2D eigenvalue weighted by Crippen LogP contribution is -2.52. The zero-order valence-electron chi connectivity index (χ0n) is 13.0. The predicted molar refractivity (Wildman–Crippen MR) is 78.8 cm³/mol. The average molecular weight is 308 g/mol. The van der Waals surface area contributed by atoms with Crippen molar-refractivity contribution >= 4 is 10.2 Å². The molecule has 2 unspecified atom stereocenters. The fourth-order valence-electron chi connectivity index (χ4n) is 2.11. The van der Waals surface area contributed by atoms with E-state index in [0.717, 1.165) is 0 Å². The molecule has 120 valence electrons. The number of rotatable bonds is 8. The van der Waals surface area contributed by atoms with Gasteiger partial charge < -0.3 is 9.47 Å². The maximum absolute atomic E-state index is 12.1. The molecule has 0 spiro atoms. The maximum atomic E-state index is 12.1. The molecule has 0 radical (unpaired) electrons. The third-order valence-corrected chi connectivity index (χ3v) is 4.47. The molecule has 0 bridgehead atoms. The van der Waals surface area contributed by atoms with Crippen molar-refractivity contribution in [3.63, 3.8) is 0 Å². The van der Waals surface area contributed by atoms with Gasteiger partial charge >= 0.3 is 0 Å². The van der Waals surface area contributed by atoms with Crippen LogP contribution in [0, 0.1) is 5.92 Å². The Balaban J connectivity index is 2.27. The lowest BCUT2D eigenvalue weighted by Gasteiger charge is -2.34. The van der Waals surface area contributed by atoms with Crippen molar-refractivity contribution in [3.05, 3.63) is 0 Å². The molecule has 1 N–H and O–H groups in total. The van der Waals surface area contributed by atoms with Crippen LogP contribution in [-0.2, 0) is 19.7 Å². The third-order valence-electron chi connectivity index (χ3n) is 2.93. The van der Waals surface area contributed by atoms with Gasteiger partial charge in [-0.2, -0.15) is 12.7 Å². The molecular formula is C13H28N2O4S. The summed E-state index contributed by atoms with van der Waals surface area (Å²) in [6.45, 7) is 10.5. The SMILES string of the molecule is CC(C)COCCCNS(=O)(=O)N1CC(C)OC(C)C1. The summed E-state index contributed by atoms with van der Waals surface area (Å²) < 4.78 is 39.3. The van der Waals surface area contributed by atoms with Crippen molar-refractivity contribution in [1.82, 2.24) is 9.03 Å². The van der Waals surface area contributed by atoms with Gasteiger partial charge in [0.1, 0.15) is 0 Å². The molecule has 6 nitrogen and oxygen atoms in total. The van der Waals surface area contributed by atoms with Crippen molar-refractivity contribution < 1.29 is 17.9 Å². The number of hydrogen-bond donors (Lipinski definition) is 1. The van der Waals surface area contributed by atoms with E-state index >= 15 is 0 Å². The highest BCUT2D eigenvalue weighted by molar-refractivity contribution is 7.87. The van der Waals surface area contributed by atoms with Crippen LogP contribution in [-0.4, -0.2) is 57.8 Å². The van der Waals surface area contributed by atoms with Crippen LogP contribution < -0.4 is 4.72 Å². The van der Waals surface area contributed by atoms with Crippen LogP contribution in [0.1, 0.15) is 34.1 Å². The first-order chi connectivity index (χ1) is 9.31. The highest BCUT2D eigenvalue weighted by Crippen LogP contribution is 2.13. The van der Waals surface area contributed by atoms with Crippen molar-refractivity contribution in [2.24, 2.45) is 5.92 Å². The van der Waals surface area contributed by atoms with E-state index in [-0.39, 0.29) is 12.2 Å². The Morgan fingerprint density at radius 2 is 1.90 bits per heavy atom. The Morgan fingerprint density at radius 1 is 1.30 bits per heavy atom. The first-order valence-corrected chi connectivity index (χ1v) is 8.73. The Hall–Kier alpha value is -0.210. The highest BCUT2D eigenvalue weighted by Gasteiger charge is 2.30. The van der Waals surface area contributed by atoms with E-state index in [4.69, 9.17) is 9.47 Å². The normalized spacial score (nSPS) is 25.2. The number of nitrogens with zero attached hydrogens (tertiary/aromatic N) is 1. The zero-order chi connectivity index (χ0) is 15.2. The Bertz CT molecular complexity index is 363. The molecule has 1 fully saturated rings. The van der Waals surface area contributed by atoms with Gasteiger partial charge in [-0.3, -0.25) is 0 Å². The topological polar surface area (TPSA) is 67.9 Å². The Morgan fingerprint density at radius 3 is 2.45 bits per heavy atom. The summed E-state index contributed by atoms with van der Waals surface area (Å²) in [5.74, 6) is 0.503. The van der Waals surface area contributed by atoms with Gasteiger partial charge in [0.05, 0.1) is 12.2 Å². The average Bonchev–Trinajstić information content (AvgIpc) is 2.32. The van der Waals surface area contributed by atoms with Gasteiger partial charge in [0.25, 0.3) is 10.2 Å². The minimum atomic E-state index is -3.40. The lowest BCUT2D eigenvalue weighted by molar-refractivity contribution is -0.0444. The van der Waals surface area contributed by atoms with Crippen LogP contribution in [0.15, 0.2) is 0 Å². The van der Waals surface area contributed by atoms with E-state index in [1.807, 2.05) is 13.8 Å². The van der Waals surface area contributed by atoms with Crippen LogP contribution in [0.5, 0.6) is 0 Å². The van der Waals surface area contributed by atoms with Gasteiger partial charge in [0, 0.05) is 32.8 Å². The molecule has 1 aliphatic rings. The molecule has 0 aromatic heterocycles. The van der Waals surface area contributed by atoms with Crippen molar-refractivity contribution in [3.8, 4) is 0 Å². The summed E-state index contributed by atoms with van der Waals surface area (Å²) in [5, 5.41) is 0. The monoisotopic (exact) mass is 308 g/mol.